The summed E-state index contributed by atoms with van der Waals surface area (Å²) in [5.74, 6) is 0.170. The van der Waals surface area contributed by atoms with Crippen LogP contribution >= 0.6 is 0 Å². The number of hydrogen-bond acceptors (Lipinski definition) is 5. The summed E-state index contributed by atoms with van der Waals surface area (Å²) in [7, 11) is 0. The second kappa shape index (κ2) is 6.48. The van der Waals surface area contributed by atoms with Crippen LogP contribution in [0.1, 0.15) is 50.8 Å². The minimum Gasteiger partial charge on any atom is -0.462 e. The molecule has 0 fully saturated rings. The van der Waals surface area contributed by atoms with Crippen molar-refractivity contribution in [3.05, 3.63) is 94.5 Å². The highest BCUT2D eigenvalue weighted by Crippen LogP contribution is 2.55. The molecule has 0 bridgehead atoms. The van der Waals surface area contributed by atoms with Crippen molar-refractivity contribution in [2.75, 3.05) is 6.61 Å². The maximum atomic E-state index is 12.9. The van der Waals surface area contributed by atoms with Gasteiger partial charge in [0, 0.05) is 16.7 Å². The Morgan fingerprint density at radius 3 is 2.38 bits per heavy atom. The van der Waals surface area contributed by atoms with Crippen molar-refractivity contribution in [2.24, 2.45) is 0 Å². The van der Waals surface area contributed by atoms with Gasteiger partial charge in [-0.1, -0.05) is 25.1 Å². The quantitative estimate of drug-likeness (QED) is 0.626. The fourth-order valence-corrected chi connectivity index (χ4v) is 3.92. The van der Waals surface area contributed by atoms with Crippen molar-refractivity contribution in [3.8, 4) is 11.5 Å². The molecule has 0 N–H and O–H groups in total. The number of benzene rings is 3. The number of fused-ring (bicyclic) bond motifs is 6. The van der Waals surface area contributed by atoms with Gasteiger partial charge in [0.2, 0.25) is 0 Å². The van der Waals surface area contributed by atoms with Crippen molar-refractivity contribution < 1.29 is 23.8 Å². The monoisotopic (exact) mass is 384 g/mol. The van der Waals surface area contributed by atoms with Crippen LogP contribution in [-0.4, -0.2) is 18.5 Å². The van der Waals surface area contributed by atoms with E-state index < -0.39 is 17.5 Å². The molecule has 1 spiro atoms. The van der Waals surface area contributed by atoms with Gasteiger partial charge in [0.15, 0.2) is 5.60 Å². The average molecular weight is 384 g/mol. The molecule has 142 valence electrons. The minimum absolute atomic E-state index is 0.321. The van der Waals surface area contributed by atoms with Crippen LogP contribution in [0.5, 0.6) is 11.5 Å². The van der Waals surface area contributed by atoms with Gasteiger partial charge in [-0.15, -0.1) is 0 Å². The highest BCUT2D eigenvalue weighted by Gasteiger charge is 2.53. The van der Waals surface area contributed by atoms with Gasteiger partial charge in [0.25, 0.3) is 0 Å². The lowest BCUT2D eigenvalue weighted by Crippen LogP contribution is -2.32. The van der Waals surface area contributed by atoms with Gasteiger partial charge >= 0.3 is 11.9 Å². The molecule has 5 rings (SSSR count). The molecular weight excluding hydrogens is 368 g/mol. The molecule has 2 heterocycles. The van der Waals surface area contributed by atoms with E-state index in [9.17, 15) is 9.59 Å². The van der Waals surface area contributed by atoms with Crippen LogP contribution in [0.25, 0.3) is 0 Å². The largest absolute Gasteiger partial charge is 0.462 e. The molecule has 29 heavy (non-hydrogen) atoms. The SMILES string of the molecule is CCCOC(=O)c1ccc2c(c1)C(=O)OC21c2cc[c]cc2Oc2c[c]ccc21. The average Bonchev–Trinajstić information content (AvgIpc) is 3.05. The van der Waals surface area contributed by atoms with Crippen molar-refractivity contribution in [2.45, 2.75) is 18.9 Å². The molecule has 0 unspecified atom stereocenters. The van der Waals surface area contributed by atoms with Gasteiger partial charge in [-0.05, 0) is 55.0 Å². The zero-order valence-electron chi connectivity index (χ0n) is 15.7. The maximum absolute atomic E-state index is 12.9. The summed E-state index contributed by atoms with van der Waals surface area (Å²) in [5, 5.41) is 0. The zero-order chi connectivity index (χ0) is 20.0. The Labute approximate surface area is 167 Å². The Bertz CT molecular complexity index is 1100. The summed E-state index contributed by atoms with van der Waals surface area (Å²) >= 11 is 0. The van der Waals surface area contributed by atoms with E-state index in [-0.39, 0.29) is 0 Å². The summed E-state index contributed by atoms with van der Waals surface area (Å²) in [6, 6.07) is 21.6. The van der Waals surface area contributed by atoms with E-state index in [2.05, 4.69) is 12.1 Å². The number of carbonyl (C=O) groups excluding carboxylic acids is 2. The second-order valence-electron chi connectivity index (χ2n) is 6.91. The summed E-state index contributed by atoms with van der Waals surface area (Å²) in [6.07, 6.45) is 0.726. The van der Waals surface area contributed by atoms with Crippen LogP contribution < -0.4 is 4.74 Å². The van der Waals surface area contributed by atoms with Gasteiger partial charge in [-0.2, -0.15) is 0 Å². The highest BCUT2D eigenvalue weighted by atomic mass is 16.6. The minimum atomic E-state index is -1.15. The third-order valence-corrected chi connectivity index (χ3v) is 5.17. The topological polar surface area (TPSA) is 61.8 Å². The van der Waals surface area contributed by atoms with Gasteiger partial charge in [-0.25, -0.2) is 9.59 Å². The van der Waals surface area contributed by atoms with E-state index in [4.69, 9.17) is 14.2 Å². The Morgan fingerprint density at radius 2 is 1.72 bits per heavy atom. The molecule has 0 atom stereocenters. The van der Waals surface area contributed by atoms with Crippen molar-refractivity contribution >= 4 is 11.9 Å². The smallest absolute Gasteiger partial charge is 0.340 e. The molecule has 5 nitrogen and oxygen atoms in total. The zero-order valence-corrected chi connectivity index (χ0v) is 15.7. The molecular formula is C24H16O5. The summed E-state index contributed by atoms with van der Waals surface area (Å²) in [4.78, 5) is 25.2. The molecule has 5 heteroatoms. The lowest BCUT2D eigenvalue weighted by atomic mass is 9.77. The number of esters is 2. The van der Waals surface area contributed by atoms with Crippen LogP contribution in [-0.2, 0) is 15.1 Å². The molecule has 0 aromatic heterocycles. The third-order valence-electron chi connectivity index (χ3n) is 5.17. The van der Waals surface area contributed by atoms with E-state index in [0.29, 0.717) is 45.9 Å². The van der Waals surface area contributed by atoms with Crippen molar-refractivity contribution in [1.82, 2.24) is 0 Å². The Balaban J connectivity index is 1.72. The molecule has 3 aromatic rings. The standard InChI is InChI=1S/C24H16O5/c1-2-13-27-22(25)15-11-12-17-16(14-15)23(26)29-24(17)18-7-3-5-9-20(18)28-21-10-6-4-8-19(21)24/h3-4,7-12,14H,2,13H2,1H3. The maximum Gasteiger partial charge on any atom is 0.340 e. The first-order chi connectivity index (χ1) is 14.1. The first kappa shape index (κ1) is 17.5. The number of rotatable bonds is 3. The van der Waals surface area contributed by atoms with Crippen LogP contribution in [0.15, 0.2) is 54.6 Å². The van der Waals surface area contributed by atoms with Crippen LogP contribution in [0.3, 0.4) is 0 Å². The molecule has 0 saturated heterocycles. The Kier molecular flexibility index (Phi) is 3.91. The number of carbonyl (C=O) groups is 2. The molecule has 0 amide bonds. The third kappa shape index (κ3) is 2.47. The Morgan fingerprint density at radius 1 is 1.03 bits per heavy atom. The summed E-state index contributed by atoms with van der Waals surface area (Å²) in [6.45, 7) is 2.25. The predicted octanol–water partition coefficient (Wildman–Crippen LogP) is 4.42. The highest BCUT2D eigenvalue weighted by molar-refractivity contribution is 6.00. The van der Waals surface area contributed by atoms with Gasteiger partial charge in [0.1, 0.15) is 11.5 Å². The van der Waals surface area contributed by atoms with Crippen LogP contribution in [0.2, 0.25) is 0 Å². The van der Waals surface area contributed by atoms with Crippen LogP contribution in [0, 0.1) is 12.1 Å². The molecule has 0 saturated carbocycles. The summed E-state index contributed by atoms with van der Waals surface area (Å²) < 4.78 is 17.2. The van der Waals surface area contributed by atoms with Crippen molar-refractivity contribution in [3.63, 3.8) is 0 Å². The van der Waals surface area contributed by atoms with E-state index >= 15 is 0 Å². The van der Waals surface area contributed by atoms with E-state index in [1.54, 1.807) is 42.5 Å². The van der Waals surface area contributed by atoms with Gasteiger partial charge < -0.3 is 14.2 Å². The predicted molar refractivity (Wildman–Crippen MR) is 103 cm³/mol. The second-order valence-corrected chi connectivity index (χ2v) is 6.91. The van der Waals surface area contributed by atoms with Gasteiger partial charge in [0.05, 0.1) is 17.7 Å². The lowest BCUT2D eigenvalue weighted by Gasteiger charge is -2.36. The van der Waals surface area contributed by atoms with Crippen LogP contribution in [0.4, 0.5) is 0 Å². The number of ether oxygens (including phenoxy) is 3. The van der Waals surface area contributed by atoms with Crippen molar-refractivity contribution in [1.29, 1.82) is 0 Å². The molecule has 3 aromatic carbocycles. The summed E-state index contributed by atoms with van der Waals surface area (Å²) in [5.41, 5.74) is 1.60. The first-order valence-electron chi connectivity index (χ1n) is 9.39. The lowest BCUT2D eigenvalue weighted by molar-refractivity contribution is 0.0224. The van der Waals surface area contributed by atoms with E-state index in [1.807, 2.05) is 19.1 Å². The van der Waals surface area contributed by atoms with E-state index in [1.165, 1.54) is 0 Å². The fraction of sp³-hybridized carbons (Fsp3) is 0.167. The van der Waals surface area contributed by atoms with Gasteiger partial charge in [-0.3, -0.25) is 0 Å². The molecule has 2 aliphatic rings. The Hall–Kier alpha value is -3.60. The molecule has 2 radical (unpaired) electrons. The van der Waals surface area contributed by atoms with E-state index in [0.717, 1.165) is 6.42 Å². The molecule has 2 aliphatic heterocycles. The first-order valence-corrected chi connectivity index (χ1v) is 9.39. The fourth-order valence-electron chi connectivity index (χ4n) is 3.92. The number of hydrogen-bond donors (Lipinski definition) is 0. The normalized spacial score (nSPS) is 15.0. The molecule has 0 aliphatic carbocycles.